The van der Waals surface area contributed by atoms with E-state index in [4.69, 9.17) is 16.6 Å². The monoisotopic (exact) mass is 458 g/mol. The molecule has 6 heteroatoms. The highest BCUT2D eigenvalue weighted by Gasteiger charge is 2.53. The van der Waals surface area contributed by atoms with E-state index in [0.29, 0.717) is 17.5 Å². The third-order valence-corrected chi connectivity index (χ3v) is 6.75. The predicted octanol–water partition coefficient (Wildman–Crippen LogP) is 4.78. The van der Waals surface area contributed by atoms with E-state index in [1.807, 2.05) is 73.1 Å². The number of nitrogens with zero attached hydrogens (tertiary/aromatic N) is 3. The number of carbonyl (C=O) groups excluding carboxylic acids is 1. The molecule has 2 atom stereocenters. The molecule has 1 saturated carbocycles. The van der Waals surface area contributed by atoms with Gasteiger partial charge in [-0.25, -0.2) is 0 Å². The molecule has 2 aliphatic rings. The summed E-state index contributed by atoms with van der Waals surface area (Å²) < 4.78 is 0. The minimum absolute atomic E-state index is 0.0859. The normalized spacial score (nSPS) is 21.8. The zero-order valence-corrected chi connectivity index (χ0v) is 19.2. The molecule has 1 aliphatic heterocycles. The second kappa shape index (κ2) is 9.36. The summed E-state index contributed by atoms with van der Waals surface area (Å²) in [5.74, 6) is 0.574. The van der Waals surface area contributed by atoms with Crippen LogP contribution in [0.15, 0.2) is 84.1 Å². The summed E-state index contributed by atoms with van der Waals surface area (Å²) in [6.07, 6.45) is 8.63. The van der Waals surface area contributed by atoms with Gasteiger partial charge in [-0.05, 0) is 66.1 Å². The number of rotatable bonds is 8. The first-order valence-electron chi connectivity index (χ1n) is 11.5. The minimum atomic E-state index is -1.07. The molecule has 1 amide bonds. The second-order valence-corrected chi connectivity index (χ2v) is 9.27. The van der Waals surface area contributed by atoms with Crippen LogP contribution in [-0.4, -0.2) is 35.2 Å². The zero-order valence-electron chi connectivity index (χ0n) is 18.4. The third kappa shape index (κ3) is 4.51. The molecule has 0 radical (unpaired) electrons. The number of benzene rings is 2. The van der Waals surface area contributed by atoms with Gasteiger partial charge in [-0.15, -0.1) is 0 Å². The molecule has 168 valence electrons. The van der Waals surface area contributed by atoms with Crippen LogP contribution >= 0.6 is 11.6 Å². The van der Waals surface area contributed by atoms with E-state index in [9.17, 15) is 4.79 Å². The number of pyridine rings is 1. The molecule has 1 N–H and O–H groups in total. The van der Waals surface area contributed by atoms with Gasteiger partial charge in [-0.1, -0.05) is 54.1 Å². The molecule has 0 saturated heterocycles. The lowest BCUT2D eigenvalue weighted by Crippen LogP contribution is -2.49. The van der Waals surface area contributed by atoms with Gasteiger partial charge >= 0.3 is 0 Å². The van der Waals surface area contributed by atoms with Crippen molar-refractivity contribution in [2.24, 2.45) is 10.9 Å². The van der Waals surface area contributed by atoms with Crippen molar-refractivity contribution >= 4 is 23.8 Å². The van der Waals surface area contributed by atoms with Crippen LogP contribution in [0.3, 0.4) is 0 Å². The molecular weight excluding hydrogens is 432 g/mol. The van der Waals surface area contributed by atoms with Crippen LogP contribution in [0.1, 0.15) is 35.6 Å². The van der Waals surface area contributed by atoms with Gasteiger partial charge in [0, 0.05) is 30.5 Å². The fourth-order valence-electron chi connectivity index (χ4n) is 4.61. The summed E-state index contributed by atoms with van der Waals surface area (Å²) >= 11 is 6.20. The number of hydrogen-bond donors (Lipinski definition) is 1. The Bertz CT molecular complexity index is 1120. The van der Waals surface area contributed by atoms with Crippen LogP contribution < -0.4 is 5.32 Å². The molecule has 0 bridgehead atoms. The molecular formula is C27H27ClN4O. The van der Waals surface area contributed by atoms with Crippen LogP contribution in [0.2, 0.25) is 5.02 Å². The first-order chi connectivity index (χ1) is 16.2. The summed E-state index contributed by atoms with van der Waals surface area (Å²) in [4.78, 5) is 25.2. The lowest BCUT2D eigenvalue weighted by Gasteiger charge is -2.37. The molecule has 5 nitrogen and oxygen atoms in total. The van der Waals surface area contributed by atoms with E-state index >= 15 is 0 Å². The molecule has 1 aliphatic carbocycles. The molecule has 5 rings (SSSR count). The van der Waals surface area contributed by atoms with E-state index in [1.54, 1.807) is 12.4 Å². The maximum atomic E-state index is 14.0. The first kappa shape index (κ1) is 21.7. The van der Waals surface area contributed by atoms with Crippen molar-refractivity contribution in [3.8, 4) is 0 Å². The Morgan fingerprint density at radius 1 is 1.03 bits per heavy atom. The summed E-state index contributed by atoms with van der Waals surface area (Å²) in [5, 5.41) is 3.87. The number of aromatic nitrogens is 1. The van der Waals surface area contributed by atoms with Gasteiger partial charge in [0.15, 0.2) is 5.54 Å². The van der Waals surface area contributed by atoms with E-state index in [1.165, 1.54) is 12.8 Å². The maximum absolute atomic E-state index is 14.0. The number of hydrogen-bond acceptors (Lipinski definition) is 4. The Morgan fingerprint density at radius 3 is 2.45 bits per heavy atom. The molecule has 0 spiro atoms. The Kier molecular flexibility index (Phi) is 6.14. The average molecular weight is 459 g/mol. The Morgan fingerprint density at radius 2 is 1.76 bits per heavy atom. The summed E-state index contributed by atoms with van der Waals surface area (Å²) in [6.45, 7) is 1.43. The largest absolute Gasteiger partial charge is 0.353 e. The third-order valence-electron chi connectivity index (χ3n) is 6.50. The van der Waals surface area contributed by atoms with Crippen molar-refractivity contribution in [3.05, 3.63) is 101 Å². The standard InChI is InChI=1S/C27H27ClN4O/c28-24-10-8-22(9-11-24)25-27(23-4-2-1-3-5-23,31-19-32(25)18-21-6-7-21)26(33)30-17-14-20-12-15-29-16-13-20/h1-5,8-13,15-16,19,21,25H,6-7,14,17-18H2,(H,30,33)/t25-,27+/m0/s1. The highest BCUT2D eigenvalue weighted by Crippen LogP contribution is 2.47. The maximum Gasteiger partial charge on any atom is 0.255 e. The number of carbonyl (C=O) groups is 1. The zero-order chi connectivity index (χ0) is 22.7. The lowest BCUT2D eigenvalue weighted by molar-refractivity contribution is -0.128. The van der Waals surface area contributed by atoms with Crippen molar-refractivity contribution in [3.63, 3.8) is 0 Å². The summed E-state index contributed by atoms with van der Waals surface area (Å²) in [6, 6.07) is 21.4. The topological polar surface area (TPSA) is 57.6 Å². The van der Waals surface area contributed by atoms with Crippen molar-refractivity contribution in [2.45, 2.75) is 30.8 Å². The summed E-state index contributed by atoms with van der Waals surface area (Å²) in [7, 11) is 0. The number of amides is 1. The van der Waals surface area contributed by atoms with Gasteiger partial charge in [-0.3, -0.25) is 14.8 Å². The van der Waals surface area contributed by atoms with Crippen LogP contribution in [-0.2, 0) is 16.8 Å². The summed E-state index contributed by atoms with van der Waals surface area (Å²) in [5.41, 5.74) is 1.99. The number of nitrogens with one attached hydrogen (secondary N) is 1. The van der Waals surface area contributed by atoms with Crippen molar-refractivity contribution in [1.29, 1.82) is 0 Å². The van der Waals surface area contributed by atoms with Gasteiger partial charge in [0.25, 0.3) is 5.91 Å². The van der Waals surface area contributed by atoms with Crippen molar-refractivity contribution in [2.75, 3.05) is 13.1 Å². The fraction of sp³-hybridized carbons (Fsp3) is 0.296. The van der Waals surface area contributed by atoms with Gasteiger partial charge in [-0.2, -0.15) is 0 Å². The highest BCUT2D eigenvalue weighted by molar-refractivity contribution is 6.30. The van der Waals surface area contributed by atoms with E-state index in [0.717, 1.165) is 29.7 Å². The second-order valence-electron chi connectivity index (χ2n) is 8.83. The number of halogens is 1. The predicted molar refractivity (Wildman–Crippen MR) is 131 cm³/mol. The average Bonchev–Trinajstić information content (AvgIpc) is 3.59. The van der Waals surface area contributed by atoms with Gasteiger partial charge in [0.05, 0.1) is 12.4 Å². The molecule has 33 heavy (non-hydrogen) atoms. The van der Waals surface area contributed by atoms with Crippen molar-refractivity contribution < 1.29 is 4.79 Å². The lowest BCUT2D eigenvalue weighted by atomic mass is 9.79. The quantitative estimate of drug-likeness (QED) is 0.528. The van der Waals surface area contributed by atoms with Gasteiger partial charge in [0.1, 0.15) is 0 Å². The SMILES string of the molecule is O=C(NCCc1ccncc1)[C@]1(c2ccccc2)N=CN(CC2CC2)[C@H]1c1ccc(Cl)cc1. The number of aliphatic imine (C=N–C) groups is 1. The minimum Gasteiger partial charge on any atom is -0.353 e. The smallest absolute Gasteiger partial charge is 0.255 e. The molecule has 0 unspecified atom stereocenters. The molecule has 3 aromatic rings. The van der Waals surface area contributed by atoms with Crippen LogP contribution in [0, 0.1) is 5.92 Å². The fourth-order valence-corrected chi connectivity index (χ4v) is 4.74. The highest BCUT2D eigenvalue weighted by atomic mass is 35.5. The Labute approximate surface area is 199 Å². The van der Waals surface area contributed by atoms with E-state index in [-0.39, 0.29) is 11.9 Å². The van der Waals surface area contributed by atoms with Gasteiger partial charge < -0.3 is 10.2 Å². The van der Waals surface area contributed by atoms with Crippen molar-refractivity contribution in [1.82, 2.24) is 15.2 Å². The van der Waals surface area contributed by atoms with Crippen LogP contribution in [0.25, 0.3) is 0 Å². The molecule has 2 aromatic carbocycles. The van der Waals surface area contributed by atoms with Crippen LogP contribution in [0.5, 0.6) is 0 Å². The Hall–Kier alpha value is -3.18. The Balaban J connectivity index is 1.50. The molecule has 2 heterocycles. The van der Waals surface area contributed by atoms with Gasteiger partial charge in [0.2, 0.25) is 0 Å². The van der Waals surface area contributed by atoms with Crippen LogP contribution in [0.4, 0.5) is 0 Å². The molecule has 1 aromatic heterocycles. The van der Waals surface area contributed by atoms with E-state index < -0.39 is 5.54 Å². The van der Waals surface area contributed by atoms with E-state index in [2.05, 4.69) is 15.2 Å². The molecule has 1 fully saturated rings. The first-order valence-corrected chi connectivity index (χ1v) is 11.8.